The lowest BCUT2D eigenvalue weighted by atomic mass is 10.1. The smallest absolute Gasteiger partial charge is 0.130 e. The van der Waals surface area contributed by atoms with Crippen molar-refractivity contribution < 1.29 is 4.74 Å². The van der Waals surface area contributed by atoms with Crippen molar-refractivity contribution in [2.75, 3.05) is 6.54 Å². The Bertz CT molecular complexity index is 573. The largest absolute Gasteiger partial charge is 0.487 e. The van der Waals surface area contributed by atoms with Crippen molar-refractivity contribution >= 4 is 15.9 Å². The number of halogens is 1. The highest BCUT2D eigenvalue weighted by Gasteiger charge is 2.09. The summed E-state index contributed by atoms with van der Waals surface area (Å²) in [5, 5.41) is 3.43. The van der Waals surface area contributed by atoms with Crippen molar-refractivity contribution in [2.24, 2.45) is 0 Å². The number of hydrogen-bond donors (Lipinski definition) is 1. The zero-order valence-electron chi connectivity index (χ0n) is 12.5. The van der Waals surface area contributed by atoms with E-state index in [-0.39, 0.29) is 0 Å². The Morgan fingerprint density at radius 2 is 2.14 bits per heavy atom. The van der Waals surface area contributed by atoms with Crippen molar-refractivity contribution in [2.45, 2.75) is 33.4 Å². The molecular formula is C17H21BrN2O. The van der Waals surface area contributed by atoms with Gasteiger partial charge in [0.05, 0.1) is 5.69 Å². The van der Waals surface area contributed by atoms with Crippen LogP contribution < -0.4 is 10.1 Å². The van der Waals surface area contributed by atoms with Gasteiger partial charge in [-0.15, -0.1) is 0 Å². The molecular weight excluding hydrogens is 328 g/mol. The van der Waals surface area contributed by atoms with Crippen molar-refractivity contribution in [1.82, 2.24) is 10.3 Å². The molecule has 21 heavy (non-hydrogen) atoms. The van der Waals surface area contributed by atoms with Crippen LogP contribution in [-0.4, -0.2) is 11.5 Å². The Balaban J connectivity index is 2.12. The lowest BCUT2D eigenvalue weighted by Crippen LogP contribution is -2.15. The summed E-state index contributed by atoms with van der Waals surface area (Å²) in [4.78, 5) is 4.30. The lowest BCUT2D eigenvalue weighted by Gasteiger charge is -2.15. The molecule has 0 aliphatic rings. The molecule has 4 heteroatoms. The van der Waals surface area contributed by atoms with Gasteiger partial charge in [-0.1, -0.05) is 28.9 Å². The van der Waals surface area contributed by atoms with Gasteiger partial charge >= 0.3 is 0 Å². The molecule has 0 fully saturated rings. The van der Waals surface area contributed by atoms with Crippen molar-refractivity contribution in [3.8, 4) is 5.75 Å². The van der Waals surface area contributed by atoms with E-state index in [0.717, 1.165) is 41.0 Å². The fraction of sp³-hybridized carbons (Fsp3) is 0.353. The molecule has 112 valence electrons. The maximum Gasteiger partial charge on any atom is 0.130 e. The number of benzene rings is 1. The summed E-state index contributed by atoms with van der Waals surface area (Å²) in [5.74, 6) is 0.951. The Morgan fingerprint density at radius 1 is 1.29 bits per heavy atom. The summed E-state index contributed by atoms with van der Waals surface area (Å²) >= 11 is 3.56. The lowest BCUT2D eigenvalue weighted by molar-refractivity contribution is 0.295. The fourth-order valence-electron chi connectivity index (χ4n) is 2.17. The van der Waals surface area contributed by atoms with Gasteiger partial charge in [0, 0.05) is 22.8 Å². The normalized spacial score (nSPS) is 10.6. The van der Waals surface area contributed by atoms with Gasteiger partial charge in [-0.05, 0) is 49.7 Å². The average molecular weight is 349 g/mol. The maximum atomic E-state index is 6.02. The van der Waals surface area contributed by atoms with Crippen LogP contribution in [-0.2, 0) is 13.2 Å². The van der Waals surface area contributed by atoms with E-state index in [2.05, 4.69) is 52.2 Å². The van der Waals surface area contributed by atoms with E-state index in [0.29, 0.717) is 6.61 Å². The maximum absolute atomic E-state index is 6.02. The van der Waals surface area contributed by atoms with E-state index in [1.165, 1.54) is 5.56 Å². The first-order valence-electron chi connectivity index (χ1n) is 7.23. The van der Waals surface area contributed by atoms with Gasteiger partial charge in [-0.3, -0.25) is 4.98 Å². The van der Waals surface area contributed by atoms with E-state index in [1.54, 1.807) is 6.20 Å². The summed E-state index contributed by atoms with van der Waals surface area (Å²) in [5.41, 5.74) is 3.24. The molecule has 0 amide bonds. The highest BCUT2D eigenvalue weighted by Crippen LogP contribution is 2.28. The summed E-state index contributed by atoms with van der Waals surface area (Å²) in [6, 6.07) is 10.1. The number of rotatable bonds is 7. The van der Waals surface area contributed by atoms with E-state index in [1.807, 2.05) is 18.2 Å². The number of hydrogen-bond acceptors (Lipinski definition) is 3. The third kappa shape index (κ3) is 4.83. The number of pyridine rings is 1. The summed E-state index contributed by atoms with van der Waals surface area (Å²) < 4.78 is 7.10. The number of aromatic nitrogens is 1. The highest BCUT2D eigenvalue weighted by atomic mass is 79.9. The summed E-state index contributed by atoms with van der Waals surface area (Å²) in [7, 11) is 0. The fourth-order valence-corrected chi connectivity index (χ4v) is 2.79. The number of aryl methyl sites for hydroxylation is 1. The van der Waals surface area contributed by atoms with Crippen molar-refractivity contribution in [3.05, 3.63) is 57.8 Å². The minimum Gasteiger partial charge on any atom is -0.487 e. The van der Waals surface area contributed by atoms with Gasteiger partial charge in [0.25, 0.3) is 0 Å². The highest BCUT2D eigenvalue weighted by molar-refractivity contribution is 9.10. The first kappa shape index (κ1) is 16.0. The van der Waals surface area contributed by atoms with E-state index < -0.39 is 0 Å². The minimum absolute atomic E-state index is 0.490. The second kappa shape index (κ2) is 8.15. The molecule has 0 saturated carbocycles. The molecule has 1 N–H and O–H groups in total. The zero-order valence-corrected chi connectivity index (χ0v) is 14.1. The summed E-state index contributed by atoms with van der Waals surface area (Å²) in [6.07, 6.45) is 2.91. The second-order valence-corrected chi connectivity index (χ2v) is 5.91. The van der Waals surface area contributed by atoms with Crippen LogP contribution in [0.25, 0.3) is 0 Å². The molecule has 0 aliphatic heterocycles. The molecule has 0 radical (unpaired) electrons. The molecule has 0 aliphatic carbocycles. The first-order valence-corrected chi connectivity index (χ1v) is 8.02. The third-order valence-corrected chi connectivity index (χ3v) is 3.61. The number of nitrogens with zero attached hydrogens (tertiary/aromatic N) is 1. The van der Waals surface area contributed by atoms with Crippen LogP contribution in [0.4, 0.5) is 0 Å². The van der Waals surface area contributed by atoms with Crippen LogP contribution in [0.3, 0.4) is 0 Å². The van der Waals surface area contributed by atoms with Crippen LogP contribution in [0.2, 0.25) is 0 Å². The molecule has 0 unspecified atom stereocenters. The van der Waals surface area contributed by atoms with Gasteiger partial charge < -0.3 is 10.1 Å². The van der Waals surface area contributed by atoms with E-state index >= 15 is 0 Å². The van der Waals surface area contributed by atoms with Crippen LogP contribution in [0.15, 0.2) is 41.0 Å². The molecule has 2 aromatic rings. The van der Waals surface area contributed by atoms with Gasteiger partial charge in [0.2, 0.25) is 0 Å². The topological polar surface area (TPSA) is 34.1 Å². The second-order valence-electron chi connectivity index (χ2n) is 5.00. The van der Waals surface area contributed by atoms with E-state index in [9.17, 15) is 0 Å². The Hall–Kier alpha value is -1.39. The molecule has 3 nitrogen and oxygen atoms in total. The average Bonchev–Trinajstić information content (AvgIpc) is 2.47. The van der Waals surface area contributed by atoms with Crippen LogP contribution in [0.1, 0.15) is 30.2 Å². The van der Waals surface area contributed by atoms with Crippen molar-refractivity contribution in [3.63, 3.8) is 0 Å². The molecule has 1 aromatic heterocycles. The van der Waals surface area contributed by atoms with Crippen molar-refractivity contribution in [1.29, 1.82) is 0 Å². The molecule has 0 atom stereocenters. The van der Waals surface area contributed by atoms with Gasteiger partial charge in [-0.25, -0.2) is 0 Å². The SMILES string of the molecule is CCCNCc1cc(Br)cc(C)c1OCc1ccccn1. The molecule has 0 spiro atoms. The first-order chi connectivity index (χ1) is 10.2. The predicted octanol–water partition coefficient (Wildman–Crippen LogP) is 4.23. The Kier molecular flexibility index (Phi) is 6.21. The number of ether oxygens (including phenoxy) is 1. The zero-order chi connectivity index (χ0) is 15.1. The van der Waals surface area contributed by atoms with Gasteiger partial charge in [-0.2, -0.15) is 0 Å². The minimum atomic E-state index is 0.490. The monoisotopic (exact) mass is 348 g/mol. The Labute approximate surface area is 134 Å². The predicted molar refractivity (Wildman–Crippen MR) is 89.4 cm³/mol. The Morgan fingerprint density at radius 3 is 2.86 bits per heavy atom. The quantitative estimate of drug-likeness (QED) is 0.760. The standard InChI is InChI=1S/C17H21BrN2O/c1-3-7-19-11-14-10-15(18)9-13(2)17(14)21-12-16-6-4-5-8-20-16/h4-6,8-10,19H,3,7,11-12H2,1-2H3. The third-order valence-electron chi connectivity index (χ3n) is 3.15. The van der Waals surface area contributed by atoms with Gasteiger partial charge in [0.1, 0.15) is 12.4 Å². The van der Waals surface area contributed by atoms with Crippen LogP contribution in [0.5, 0.6) is 5.75 Å². The molecule has 1 aromatic carbocycles. The summed E-state index contributed by atoms with van der Waals surface area (Å²) in [6.45, 7) is 6.54. The molecule has 2 rings (SSSR count). The number of nitrogens with one attached hydrogen (secondary N) is 1. The van der Waals surface area contributed by atoms with E-state index in [4.69, 9.17) is 4.74 Å². The van der Waals surface area contributed by atoms with Crippen LogP contribution in [0, 0.1) is 6.92 Å². The van der Waals surface area contributed by atoms with Gasteiger partial charge in [0.15, 0.2) is 0 Å². The molecule has 0 bridgehead atoms. The molecule has 0 saturated heterocycles. The van der Waals surface area contributed by atoms with Crippen LogP contribution >= 0.6 is 15.9 Å². The molecule has 1 heterocycles.